The summed E-state index contributed by atoms with van der Waals surface area (Å²) in [6, 6.07) is 7.69. The molecule has 0 saturated carbocycles. The van der Waals surface area contributed by atoms with Crippen LogP contribution in [0.3, 0.4) is 0 Å². The molecule has 0 bridgehead atoms. The summed E-state index contributed by atoms with van der Waals surface area (Å²) >= 11 is 0. The Kier molecular flexibility index (Phi) is 3.75. The molecule has 0 amide bonds. The van der Waals surface area contributed by atoms with Crippen LogP contribution in [0.5, 0.6) is 0 Å². The third kappa shape index (κ3) is 2.97. The van der Waals surface area contributed by atoms with Gasteiger partial charge in [0.25, 0.3) is 0 Å². The highest BCUT2D eigenvalue weighted by molar-refractivity contribution is 5.72. The van der Waals surface area contributed by atoms with Gasteiger partial charge in [0.2, 0.25) is 0 Å². The van der Waals surface area contributed by atoms with Crippen LogP contribution in [-0.2, 0) is 11.3 Å². The Labute approximate surface area is 123 Å². The topological polar surface area (TPSA) is 66.6 Å². The first-order valence-electron chi connectivity index (χ1n) is 7.04. The third-order valence-electron chi connectivity index (χ3n) is 4.02. The van der Waals surface area contributed by atoms with Gasteiger partial charge >= 0.3 is 5.97 Å². The zero-order valence-corrected chi connectivity index (χ0v) is 11.9. The first-order valence-corrected chi connectivity index (χ1v) is 7.04. The quantitative estimate of drug-likeness (QED) is 0.934. The van der Waals surface area contributed by atoms with E-state index in [0.29, 0.717) is 13.1 Å². The standard InChI is InChI=1S/C16H18N2O3/c1-11-2-3-13(21-11)8-18-9-14(15(10-18)16(19)20)12-4-6-17-7-5-12/h2-7,14-15H,8-10H2,1H3,(H,19,20)/t14-,15+/m0/s1. The lowest BCUT2D eigenvalue weighted by atomic mass is 9.90. The molecular weight excluding hydrogens is 268 g/mol. The molecule has 1 fully saturated rings. The maximum absolute atomic E-state index is 11.5. The van der Waals surface area contributed by atoms with Gasteiger partial charge in [0, 0.05) is 31.4 Å². The number of aryl methyl sites for hydroxylation is 1. The molecule has 2 atom stereocenters. The van der Waals surface area contributed by atoms with Gasteiger partial charge in [-0.2, -0.15) is 0 Å². The minimum absolute atomic E-state index is 0.00144. The maximum Gasteiger partial charge on any atom is 0.308 e. The number of aromatic nitrogens is 1. The molecule has 2 aromatic heterocycles. The highest BCUT2D eigenvalue weighted by Crippen LogP contribution is 2.33. The first kappa shape index (κ1) is 13.8. The number of hydrogen-bond acceptors (Lipinski definition) is 4. The van der Waals surface area contributed by atoms with Gasteiger partial charge in [0.15, 0.2) is 0 Å². The Morgan fingerprint density at radius 2 is 2.10 bits per heavy atom. The van der Waals surface area contributed by atoms with E-state index in [1.54, 1.807) is 12.4 Å². The smallest absolute Gasteiger partial charge is 0.308 e. The Morgan fingerprint density at radius 1 is 1.33 bits per heavy atom. The summed E-state index contributed by atoms with van der Waals surface area (Å²) in [5.41, 5.74) is 1.04. The molecule has 1 saturated heterocycles. The molecule has 1 aliphatic rings. The van der Waals surface area contributed by atoms with E-state index in [-0.39, 0.29) is 11.8 Å². The van der Waals surface area contributed by atoms with E-state index >= 15 is 0 Å². The Bertz CT molecular complexity index is 623. The fraction of sp³-hybridized carbons (Fsp3) is 0.375. The molecule has 5 nitrogen and oxygen atoms in total. The molecule has 21 heavy (non-hydrogen) atoms. The van der Waals surface area contributed by atoms with Crippen molar-refractivity contribution in [1.82, 2.24) is 9.88 Å². The average molecular weight is 286 g/mol. The van der Waals surface area contributed by atoms with Gasteiger partial charge in [-0.3, -0.25) is 14.7 Å². The number of carboxylic acid groups (broad SMARTS) is 1. The Hall–Kier alpha value is -2.14. The van der Waals surface area contributed by atoms with E-state index in [9.17, 15) is 9.90 Å². The number of furan rings is 1. The number of rotatable bonds is 4. The van der Waals surface area contributed by atoms with Gasteiger partial charge in [0.05, 0.1) is 12.5 Å². The monoisotopic (exact) mass is 286 g/mol. The number of hydrogen-bond donors (Lipinski definition) is 1. The Morgan fingerprint density at radius 3 is 2.71 bits per heavy atom. The number of carboxylic acids is 1. The van der Waals surface area contributed by atoms with Crippen molar-refractivity contribution in [1.29, 1.82) is 0 Å². The van der Waals surface area contributed by atoms with Crippen LogP contribution >= 0.6 is 0 Å². The molecule has 5 heteroatoms. The molecule has 3 heterocycles. The number of pyridine rings is 1. The van der Waals surface area contributed by atoms with Gasteiger partial charge in [-0.15, -0.1) is 0 Å². The van der Waals surface area contributed by atoms with Crippen LogP contribution < -0.4 is 0 Å². The van der Waals surface area contributed by atoms with Crippen molar-refractivity contribution in [3.63, 3.8) is 0 Å². The molecule has 1 N–H and O–H groups in total. The van der Waals surface area contributed by atoms with Crippen LogP contribution in [0.1, 0.15) is 23.0 Å². The summed E-state index contributed by atoms with van der Waals surface area (Å²) in [5, 5.41) is 9.47. The SMILES string of the molecule is Cc1ccc(CN2C[C@@H](C(=O)O)[C@H](c3ccncc3)C2)o1. The largest absolute Gasteiger partial charge is 0.481 e. The minimum atomic E-state index is -0.741. The van der Waals surface area contributed by atoms with Gasteiger partial charge in [0.1, 0.15) is 11.5 Å². The molecule has 0 unspecified atom stereocenters. The van der Waals surface area contributed by atoms with E-state index < -0.39 is 5.97 Å². The van der Waals surface area contributed by atoms with Crippen molar-refractivity contribution in [3.8, 4) is 0 Å². The molecule has 2 aromatic rings. The fourth-order valence-electron chi connectivity index (χ4n) is 3.00. The molecule has 3 rings (SSSR count). The van der Waals surface area contributed by atoms with Crippen molar-refractivity contribution in [2.45, 2.75) is 19.4 Å². The lowest BCUT2D eigenvalue weighted by molar-refractivity contribution is -0.141. The van der Waals surface area contributed by atoms with Gasteiger partial charge in [-0.25, -0.2) is 0 Å². The minimum Gasteiger partial charge on any atom is -0.481 e. The van der Waals surface area contributed by atoms with Gasteiger partial charge in [-0.1, -0.05) is 0 Å². The van der Waals surface area contributed by atoms with Crippen LogP contribution in [0.15, 0.2) is 41.1 Å². The van der Waals surface area contributed by atoms with Crippen LogP contribution in [0.2, 0.25) is 0 Å². The van der Waals surface area contributed by atoms with Crippen LogP contribution in [-0.4, -0.2) is 34.0 Å². The summed E-state index contributed by atoms with van der Waals surface area (Å²) in [7, 11) is 0. The van der Waals surface area contributed by atoms with E-state index in [4.69, 9.17) is 4.42 Å². The van der Waals surface area contributed by atoms with E-state index in [0.717, 1.165) is 23.6 Å². The van der Waals surface area contributed by atoms with Crippen LogP contribution in [0.4, 0.5) is 0 Å². The summed E-state index contributed by atoms with van der Waals surface area (Å²) in [5.74, 6) is 0.636. The number of carbonyl (C=O) groups is 1. The molecule has 0 aromatic carbocycles. The molecule has 0 radical (unpaired) electrons. The average Bonchev–Trinajstić information content (AvgIpc) is 3.07. The summed E-state index contributed by atoms with van der Waals surface area (Å²) in [4.78, 5) is 17.7. The molecule has 110 valence electrons. The van der Waals surface area contributed by atoms with Crippen molar-refractivity contribution < 1.29 is 14.3 Å². The van der Waals surface area contributed by atoms with Crippen LogP contribution in [0, 0.1) is 12.8 Å². The predicted molar refractivity (Wildman–Crippen MR) is 76.8 cm³/mol. The Balaban J connectivity index is 1.76. The molecular formula is C16H18N2O3. The number of nitrogens with zero attached hydrogens (tertiary/aromatic N) is 2. The highest BCUT2D eigenvalue weighted by Gasteiger charge is 2.38. The van der Waals surface area contributed by atoms with Crippen molar-refractivity contribution in [3.05, 3.63) is 53.7 Å². The highest BCUT2D eigenvalue weighted by atomic mass is 16.4. The maximum atomic E-state index is 11.5. The second-order valence-electron chi connectivity index (χ2n) is 5.54. The third-order valence-corrected chi connectivity index (χ3v) is 4.02. The molecule has 0 spiro atoms. The van der Waals surface area contributed by atoms with E-state index in [1.807, 2.05) is 31.2 Å². The summed E-state index contributed by atoms with van der Waals surface area (Å²) in [6.07, 6.45) is 3.43. The number of likely N-dealkylation sites (tertiary alicyclic amines) is 1. The predicted octanol–water partition coefficient (Wildman–Crippen LogP) is 2.28. The first-order chi connectivity index (χ1) is 10.1. The fourth-order valence-corrected chi connectivity index (χ4v) is 3.00. The lowest BCUT2D eigenvalue weighted by Gasteiger charge is -2.15. The van der Waals surface area contributed by atoms with E-state index in [2.05, 4.69) is 9.88 Å². The molecule has 1 aliphatic heterocycles. The number of aliphatic carboxylic acids is 1. The van der Waals surface area contributed by atoms with Crippen molar-refractivity contribution >= 4 is 5.97 Å². The zero-order valence-electron chi connectivity index (χ0n) is 11.9. The summed E-state index contributed by atoms with van der Waals surface area (Å²) < 4.78 is 5.58. The van der Waals surface area contributed by atoms with Crippen molar-refractivity contribution in [2.75, 3.05) is 13.1 Å². The normalized spacial score (nSPS) is 22.5. The zero-order chi connectivity index (χ0) is 14.8. The van der Waals surface area contributed by atoms with Gasteiger partial charge in [-0.05, 0) is 36.8 Å². The second-order valence-corrected chi connectivity index (χ2v) is 5.54. The lowest BCUT2D eigenvalue weighted by Crippen LogP contribution is -2.23. The second kappa shape index (κ2) is 5.69. The van der Waals surface area contributed by atoms with Crippen LogP contribution in [0.25, 0.3) is 0 Å². The van der Waals surface area contributed by atoms with Gasteiger partial charge < -0.3 is 9.52 Å². The van der Waals surface area contributed by atoms with Crippen molar-refractivity contribution in [2.24, 2.45) is 5.92 Å². The molecule has 0 aliphatic carbocycles. The van der Waals surface area contributed by atoms with E-state index in [1.165, 1.54) is 0 Å². The summed E-state index contributed by atoms with van der Waals surface area (Å²) in [6.45, 7) is 3.83.